The van der Waals surface area contributed by atoms with Gasteiger partial charge in [0.05, 0.1) is 6.54 Å². The Balaban J connectivity index is 1.24. The smallest absolute Gasteiger partial charge is 0.414 e. The van der Waals surface area contributed by atoms with Crippen LogP contribution in [0.5, 0.6) is 11.8 Å². The molecule has 0 N–H and O–H groups in total. The van der Waals surface area contributed by atoms with Gasteiger partial charge in [-0.3, -0.25) is 4.57 Å². The van der Waals surface area contributed by atoms with E-state index in [0.717, 1.165) is 16.9 Å². The molecule has 1 aliphatic rings. The summed E-state index contributed by atoms with van der Waals surface area (Å²) in [5.41, 5.74) is 1.97. The fourth-order valence-corrected chi connectivity index (χ4v) is 2.93. The third-order valence-electron chi connectivity index (χ3n) is 4.44. The van der Waals surface area contributed by atoms with Crippen molar-refractivity contribution >= 4 is 5.82 Å². The molecule has 1 atom stereocenters. The summed E-state index contributed by atoms with van der Waals surface area (Å²) in [5.74, 6) is 6.56. The van der Waals surface area contributed by atoms with Crippen molar-refractivity contribution in [3.05, 3.63) is 82.0 Å². The minimum Gasteiger partial charge on any atom is -0.489 e. The molecule has 8 heteroatoms. The number of rotatable bonds is 6. The molecule has 0 amide bonds. The molecule has 0 radical (unpaired) electrons. The third kappa shape index (κ3) is 4.96. The quantitative estimate of drug-likeness (QED) is 0.356. The van der Waals surface area contributed by atoms with Crippen molar-refractivity contribution in [1.82, 2.24) is 9.55 Å². The van der Waals surface area contributed by atoms with Crippen LogP contribution < -0.4 is 9.47 Å². The van der Waals surface area contributed by atoms with E-state index < -0.39 is 4.92 Å². The number of hydrogen-bond acceptors (Lipinski definition) is 6. The number of imidazole rings is 1. The second kappa shape index (κ2) is 9.11. The molecular weight excluding hydrogens is 386 g/mol. The number of hydrogen-bond donors (Lipinski definition) is 0. The van der Waals surface area contributed by atoms with Crippen molar-refractivity contribution in [3.63, 3.8) is 0 Å². The molecular formula is C22H19N3O5. The Morgan fingerprint density at radius 1 is 1.20 bits per heavy atom. The second-order valence-electron chi connectivity index (χ2n) is 6.64. The van der Waals surface area contributed by atoms with E-state index in [9.17, 15) is 10.1 Å². The van der Waals surface area contributed by atoms with Gasteiger partial charge in [-0.1, -0.05) is 42.2 Å². The molecule has 8 nitrogen and oxygen atoms in total. The third-order valence-corrected chi connectivity index (χ3v) is 4.44. The lowest BCUT2D eigenvalue weighted by molar-refractivity contribution is -0.389. The van der Waals surface area contributed by atoms with Gasteiger partial charge in [0.25, 0.3) is 0 Å². The Hall–Kier alpha value is -3.83. The van der Waals surface area contributed by atoms with E-state index in [0.29, 0.717) is 13.2 Å². The Bertz CT molecular complexity index is 1070. The van der Waals surface area contributed by atoms with E-state index in [1.54, 1.807) is 4.57 Å². The first kappa shape index (κ1) is 19.5. The number of nitrogens with zero attached hydrogens (tertiary/aromatic N) is 3. The Morgan fingerprint density at radius 2 is 2.00 bits per heavy atom. The molecule has 0 fully saturated rings. The summed E-state index contributed by atoms with van der Waals surface area (Å²) < 4.78 is 18.4. The van der Waals surface area contributed by atoms with Gasteiger partial charge in [-0.2, -0.15) is 0 Å². The summed E-state index contributed by atoms with van der Waals surface area (Å²) in [5, 5.41) is 10.8. The topological polar surface area (TPSA) is 88.7 Å². The lowest BCUT2D eigenvalue weighted by atomic mass is 10.2. The Labute approximate surface area is 173 Å². The average Bonchev–Trinajstić information content (AvgIpc) is 3.21. The van der Waals surface area contributed by atoms with Crippen LogP contribution in [0, 0.1) is 22.0 Å². The van der Waals surface area contributed by atoms with Crippen molar-refractivity contribution in [2.45, 2.75) is 19.3 Å². The van der Waals surface area contributed by atoms with Crippen LogP contribution >= 0.6 is 0 Å². The molecule has 30 heavy (non-hydrogen) atoms. The maximum absolute atomic E-state index is 10.8. The highest BCUT2D eigenvalue weighted by Gasteiger charge is 2.27. The summed E-state index contributed by atoms with van der Waals surface area (Å²) in [7, 11) is 0. The molecule has 0 aliphatic carbocycles. The van der Waals surface area contributed by atoms with Crippen LogP contribution in [0.3, 0.4) is 0 Å². The van der Waals surface area contributed by atoms with Crippen LogP contribution in [-0.2, 0) is 17.9 Å². The zero-order valence-electron chi connectivity index (χ0n) is 16.1. The van der Waals surface area contributed by atoms with Gasteiger partial charge in [-0.05, 0) is 34.8 Å². The van der Waals surface area contributed by atoms with Gasteiger partial charge < -0.3 is 24.3 Å². The van der Waals surface area contributed by atoms with Gasteiger partial charge in [0, 0.05) is 10.5 Å². The lowest BCUT2D eigenvalue weighted by Gasteiger charge is -2.21. The number of nitro groups is 1. The predicted octanol–water partition coefficient (Wildman–Crippen LogP) is 3.20. The number of benzene rings is 2. The normalized spacial score (nSPS) is 14.7. The zero-order valence-corrected chi connectivity index (χ0v) is 16.1. The highest BCUT2D eigenvalue weighted by Crippen LogP contribution is 2.22. The first-order valence-corrected chi connectivity index (χ1v) is 9.39. The molecule has 0 bridgehead atoms. The summed E-state index contributed by atoms with van der Waals surface area (Å²) in [6.45, 7) is 1.46. The van der Waals surface area contributed by atoms with Gasteiger partial charge in [-0.25, -0.2) is 0 Å². The van der Waals surface area contributed by atoms with Crippen LogP contribution in [0.4, 0.5) is 5.82 Å². The molecule has 2 aromatic carbocycles. The molecule has 0 saturated carbocycles. The van der Waals surface area contributed by atoms with Crippen molar-refractivity contribution in [2.24, 2.45) is 0 Å². The summed E-state index contributed by atoms with van der Waals surface area (Å²) >= 11 is 0. The maximum Gasteiger partial charge on any atom is 0.414 e. The minimum absolute atomic E-state index is 0.229. The average molecular weight is 405 g/mol. The highest BCUT2D eigenvalue weighted by atomic mass is 16.6. The largest absolute Gasteiger partial charge is 0.489 e. The predicted molar refractivity (Wildman–Crippen MR) is 108 cm³/mol. The first-order chi connectivity index (χ1) is 14.7. The van der Waals surface area contributed by atoms with Crippen LogP contribution in [0.2, 0.25) is 0 Å². The molecule has 0 unspecified atom stereocenters. The summed E-state index contributed by atoms with van der Waals surface area (Å²) in [4.78, 5) is 14.0. The minimum atomic E-state index is -0.548. The van der Waals surface area contributed by atoms with Crippen LogP contribution in [-0.4, -0.2) is 33.8 Å². The summed E-state index contributed by atoms with van der Waals surface area (Å²) in [6, 6.07) is 17.8. The molecule has 1 aliphatic heterocycles. The maximum atomic E-state index is 10.8. The van der Waals surface area contributed by atoms with Crippen molar-refractivity contribution in [1.29, 1.82) is 0 Å². The second-order valence-corrected chi connectivity index (χ2v) is 6.64. The first-order valence-electron chi connectivity index (χ1n) is 9.39. The van der Waals surface area contributed by atoms with E-state index in [2.05, 4.69) is 16.8 Å². The molecule has 2 heterocycles. The molecule has 0 saturated heterocycles. The van der Waals surface area contributed by atoms with Gasteiger partial charge in [0.1, 0.15) is 37.9 Å². The van der Waals surface area contributed by atoms with Crippen LogP contribution in [0.15, 0.2) is 60.8 Å². The van der Waals surface area contributed by atoms with E-state index >= 15 is 0 Å². The van der Waals surface area contributed by atoms with Gasteiger partial charge in [0.15, 0.2) is 0 Å². The standard InChI is InChI=1S/C22H19N3O5/c26-25(27)21-14-24-13-20(16-30-22(24)23-21)28-12-4-7-17-8-10-19(11-9-17)29-15-18-5-2-1-3-6-18/h1-3,5-6,8-11,14,20H,12-13,15-16H2/t20-/m0/s1. The molecule has 0 spiro atoms. The summed E-state index contributed by atoms with van der Waals surface area (Å²) in [6.07, 6.45) is 1.10. The monoisotopic (exact) mass is 405 g/mol. The van der Waals surface area contributed by atoms with E-state index in [1.807, 2.05) is 54.6 Å². The number of fused-ring (bicyclic) bond motifs is 1. The van der Waals surface area contributed by atoms with Crippen molar-refractivity contribution in [3.8, 4) is 23.6 Å². The Kier molecular flexibility index (Phi) is 5.92. The number of ether oxygens (including phenoxy) is 3. The number of aromatic nitrogens is 2. The molecule has 3 aromatic rings. The highest BCUT2D eigenvalue weighted by molar-refractivity contribution is 5.38. The molecule has 1 aromatic heterocycles. The van der Waals surface area contributed by atoms with E-state index in [1.165, 1.54) is 6.20 Å². The lowest BCUT2D eigenvalue weighted by Crippen LogP contribution is -2.32. The Morgan fingerprint density at radius 3 is 2.77 bits per heavy atom. The molecule has 152 valence electrons. The van der Waals surface area contributed by atoms with Crippen LogP contribution in [0.25, 0.3) is 0 Å². The van der Waals surface area contributed by atoms with Crippen molar-refractivity contribution < 1.29 is 19.1 Å². The van der Waals surface area contributed by atoms with Crippen molar-refractivity contribution in [2.75, 3.05) is 13.2 Å². The van der Waals surface area contributed by atoms with Gasteiger partial charge >= 0.3 is 11.8 Å². The SMILES string of the molecule is O=[N+]([O-])c1cn2c(n1)OC[C@@H](OCC#Cc1ccc(OCc3ccccc3)cc1)C2. The van der Waals surface area contributed by atoms with E-state index in [4.69, 9.17) is 14.2 Å². The van der Waals surface area contributed by atoms with E-state index in [-0.39, 0.29) is 31.1 Å². The van der Waals surface area contributed by atoms with Gasteiger partial charge in [-0.15, -0.1) is 0 Å². The van der Waals surface area contributed by atoms with Gasteiger partial charge in [0.2, 0.25) is 0 Å². The molecule has 4 rings (SSSR count). The fraction of sp³-hybridized carbons (Fsp3) is 0.227. The zero-order chi connectivity index (χ0) is 20.8. The fourth-order valence-electron chi connectivity index (χ4n) is 2.93. The van der Waals surface area contributed by atoms with Crippen LogP contribution in [0.1, 0.15) is 11.1 Å².